The van der Waals surface area contributed by atoms with Gasteiger partial charge in [0.05, 0.1) is 22.8 Å². The number of hydrogen-bond acceptors (Lipinski definition) is 5. The van der Waals surface area contributed by atoms with E-state index in [4.69, 9.17) is 17.0 Å². The maximum atomic E-state index is 13.0. The predicted molar refractivity (Wildman–Crippen MR) is 130 cm³/mol. The van der Waals surface area contributed by atoms with E-state index < -0.39 is 17.8 Å². The molecule has 6 nitrogen and oxygen atoms in total. The first-order chi connectivity index (χ1) is 15.6. The number of nitrogens with zero attached hydrogens (tertiary/aromatic N) is 2. The molecule has 2 N–H and O–H groups in total. The number of rotatable bonds is 7. The van der Waals surface area contributed by atoms with Crippen molar-refractivity contribution in [1.82, 2.24) is 15.1 Å². The van der Waals surface area contributed by atoms with Gasteiger partial charge >= 0.3 is 12.1 Å². The Morgan fingerprint density at radius 2 is 2.00 bits per heavy atom. The van der Waals surface area contributed by atoms with Crippen LogP contribution >= 0.6 is 39.5 Å². The highest BCUT2D eigenvalue weighted by molar-refractivity contribution is 9.10. The van der Waals surface area contributed by atoms with Crippen LogP contribution in [-0.2, 0) is 17.5 Å². The highest BCUT2D eigenvalue weighted by atomic mass is 79.9. The summed E-state index contributed by atoms with van der Waals surface area (Å²) in [5.74, 6) is -0.487. The molecule has 0 unspecified atom stereocenters. The number of aryl methyl sites for hydroxylation is 1. The van der Waals surface area contributed by atoms with Crippen molar-refractivity contribution in [2.24, 2.45) is 0 Å². The fourth-order valence-corrected chi connectivity index (χ4v) is 4.82. The predicted octanol–water partition coefficient (Wildman–Crippen LogP) is 5.86. The van der Waals surface area contributed by atoms with Gasteiger partial charge in [0.25, 0.3) is 0 Å². The fourth-order valence-electron chi connectivity index (χ4n) is 2.99. The Morgan fingerprint density at radius 3 is 2.61 bits per heavy atom. The van der Waals surface area contributed by atoms with E-state index in [9.17, 15) is 18.0 Å². The van der Waals surface area contributed by atoms with E-state index in [0.29, 0.717) is 29.2 Å². The standard InChI is InChI=1S/C21H20BrF3N4O2S2/c1-12-16(22)17(21(23,24)25)28-29(12)10-6-9-26-20(32)27-18-14(19(30)31-2)11-15(33-18)13-7-4-3-5-8-13/h3-5,7-8,11H,6,9-10H2,1-2H3,(H2,26,27,32). The third-order valence-corrected chi connectivity index (χ3v) is 6.95. The van der Waals surface area contributed by atoms with Crippen LogP contribution in [0.15, 0.2) is 40.9 Å². The molecule has 0 radical (unpaired) electrons. The highest BCUT2D eigenvalue weighted by Gasteiger charge is 2.37. The third-order valence-electron chi connectivity index (χ3n) is 4.66. The number of esters is 1. The summed E-state index contributed by atoms with van der Waals surface area (Å²) in [6.07, 6.45) is -4.03. The summed E-state index contributed by atoms with van der Waals surface area (Å²) in [4.78, 5) is 13.1. The fraction of sp³-hybridized carbons (Fsp3) is 0.286. The van der Waals surface area contributed by atoms with Crippen LogP contribution in [0.1, 0.15) is 28.2 Å². The molecule has 33 heavy (non-hydrogen) atoms. The largest absolute Gasteiger partial charge is 0.465 e. The lowest BCUT2D eigenvalue weighted by atomic mass is 10.1. The van der Waals surface area contributed by atoms with Crippen LogP contribution in [0.4, 0.5) is 18.2 Å². The van der Waals surface area contributed by atoms with Gasteiger partial charge in [-0.15, -0.1) is 11.3 Å². The molecular formula is C21H20BrF3N4O2S2. The summed E-state index contributed by atoms with van der Waals surface area (Å²) in [5.41, 5.74) is 0.783. The second-order valence-electron chi connectivity index (χ2n) is 6.91. The molecule has 0 aliphatic rings. The number of thiocarbonyl (C=S) groups is 1. The second kappa shape index (κ2) is 10.7. The van der Waals surface area contributed by atoms with Gasteiger partial charge in [0.15, 0.2) is 10.8 Å². The summed E-state index contributed by atoms with van der Waals surface area (Å²) >= 11 is 9.65. The molecule has 3 rings (SSSR count). The number of ether oxygens (including phenoxy) is 1. The van der Waals surface area contributed by atoms with Crippen molar-refractivity contribution < 1.29 is 22.7 Å². The van der Waals surface area contributed by atoms with Gasteiger partial charge in [-0.25, -0.2) is 4.79 Å². The Hall–Kier alpha value is -2.44. The molecular weight excluding hydrogens is 541 g/mol. The first-order valence-electron chi connectivity index (χ1n) is 9.74. The molecule has 0 aliphatic heterocycles. The summed E-state index contributed by atoms with van der Waals surface area (Å²) in [5, 5.41) is 10.5. The Morgan fingerprint density at radius 1 is 1.30 bits per heavy atom. The zero-order valence-electron chi connectivity index (χ0n) is 17.6. The Kier molecular flexibility index (Phi) is 8.14. The number of aromatic nitrogens is 2. The number of anilines is 1. The molecule has 2 aromatic heterocycles. The van der Waals surface area contributed by atoms with Crippen molar-refractivity contribution in [2.75, 3.05) is 19.0 Å². The van der Waals surface area contributed by atoms with Gasteiger partial charge in [-0.1, -0.05) is 30.3 Å². The van der Waals surface area contributed by atoms with Crippen LogP contribution in [0.5, 0.6) is 0 Å². The minimum atomic E-state index is -4.52. The van der Waals surface area contributed by atoms with Crippen molar-refractivity contribution in [2.45, 2.75) is 26.1 Å². The number of hydrogen-bond donors (Lipinski definition) is 2. The van der Waals surface area contributed by atoms with E-state index >= 15 is 0 Å². The number of carbonyl (C=O) groups excluding carboxylic acids is 1. The number of thiophene rings is 1. The Balaban J connectivity index is 1.60. The maximum absolute atomic E-state index is 13.0. The number of carbonyl (C=O) groups is 1. The summed E-state index contributed by atoms with van der Waals surface area (Å²) in [6.45, 7) is 2.25. The minimum absolute atomic E-state index is 0.0533. The quantitative estimate of drug-likeness (QED) is 0.214. The van der Waals surface area contributed by atoms with Gasteiger partial charge < -0.3 is 15.4 Å². The highest BCUT2D eigenvalue weighted by Crippen LogP contribution is 2.36. The molecule has 176 valence electrons. The summed E-state index contributed by atoms with van der Waals surface area (Å²) in [7, 11) is 1.31. The average molecular weight is 561 g/mol. The van der Waals surface area contributed by atoms with E-state index in [-0.39, 0.29) is 16.1 Å². The molecule has 0 saturated heterocycles. The third kappa shape index (κ3) is 6.12. The van der Waals surface area contributed by atoms with E-state index in [1.165, 1.54) is 23.1 Å². The maximum Gasteiger partial charge on any atom is 0.436 e. The molecule has 2 heterocycles. The van der Waals surface area contributed by atoms with E-state index in [2.05, 4.69) is 31.7 Å². The van der Waals surface area contributed by atoms with Crippen molar-refractivity contribution in [3.05, 3.63) is 57.8 Å². The number of halogens is 4. The minimum Gasteiger partial charge on any atom is -0.465 e. The van der Waals surface area contributed by atoms with E-state index in [0.717, 1.165) is 10.4 Å². The molecule has 0 bridgehead atoms. The SMILES string of the molecule is COC(=O)c1cc(-c2ccccc2)sc1NC(=S)NCCCn1nc(C(F)(F)F)c(Br)c1C. The Labute approximate surface area is 206 Å². The summed E-state index contributed by atoms with van der Waals surface area (Å²) < 4.78 is 45.1. The van der Waals surface area contributed by atoms with Crippen LogP contribution in [0, 0.1) is 6.92 Å². The van der Waals surface area contributed by atoms with Gasteiger partial charge in [-0.05, 0) is 53.1 Å². The molecule has 0 atom stereocenters. The van der Waals surface area contributed by atoms with Gasteiger partial charge in [-0.2, -0.15) is 18.3 Å². The molecule has 0 spiro atoms. The van der Waals surface area contributed by atoms with E-state index in [1.807, 2.05) is 30.3 Å². The number of nitrogens with one attached hydrogen (secondary N) is 2. The normalized spacial score (nSPS) is 11.3. The molecule has 0 amide bonds. The van der Waals surface area contributed by atoms with Gasteiger partial charge in [0.1, 0.15) is 5.00 Å². The Bertz CT molecular complexity index is 1150. The first kappa shape index (κ1) is 25.2. The number of alkyl halides is 3. The van der Waals surface area contributed by atoms with Crippen molar-refractivity contribution >= 4 is 55.6 Å². The zero-order chi connectivity index (χ0) is 24.2. The smallest absolute Gasteiger partial charge is 0.436 e. The molecule has 3 aromatic rings. The lowest BCUT2D eigenvalue weighted by Gasteiger charge is -2.11. The van der Waals surface area contributed by atoms with Crippen LogP contribution in [0.25, 0.3) is 10.4 Å². The van der Waals surface area contributed by atoms with Crippen molar-refractivity contribution in [1.29, 1.82) is 0 Å². The lowest BCUT2D eigenvalue weighted by molar-refractivity contribution is -0.142. The number of methoxy groups -OCH3 is 1. The monoisotopic (exact) mass is 560 g/mol. The molecule has 12 heteroatoms. The van der Waals surface area contributed by atoms with Crippen LogP contribution in [0.3, 0.4) is 0 Å². The zero-order valence-corrected chi connectivity index (χ0v) is 20.8. The first-order valence-corrected chi connectivity index (χ1v) is 11.8. The lowest BCUT2D eigenvalue weighted by Crippen LogP contribution is -2.30. The average Bonchev–Trinajstić information content (AvgIpc) is 3.32. The van der Waals surface area contributed by atoms with E-state index in [1.54, 1.807) is 13.0 Å². The molecule has 0 aliphatic carbocycles. The van der Waals surface area contributed by atoms with Crippen LogP contribution < -0.4 is 10.6 Å². The van der Waals surface area contributed by atoms with Gasteiger partial charge in [0, 0.05) is 18.0 Å². The topological polar surface area (TPSA) is 68.2 Å². The second-order valence-corrected chi connectivity index (χ2v) is 9.17. The van der Waals surface area contributed by atoms with Gasteiger partial charge in [-0.3, -0.25) is 4.68 Å². The van der Waals surface area contributed by atoms with Crippen molar-refractivity contribution in [3.8, 4) is 10.4 Å². The van der Waals surface area contributed by atoms with Crippen molar-refractivity contribution in [3.63, 3.8) is 0 Å². The summed E-state index contributed by atoms with van der Waals surface area (Å²) in [6, 6.07) is 11.3. The molecule has 0 saturated carbocycles. The molecule has 1 aromatic carbocycles. The van der Waals surface area contributed by atoms with Gasteiger partial charge in [0.2, 0.25) is 0 Å². The van der Waals surface area contributed by atoms with Crippen LogP contribution in [-0.4, -0.2) is 34.5 Å². The number of benzene rings is 1. The van der Waals surface area contributed by atoms with Crippen LogP contribution in [0.2, 0.25) is 0 Å². The molecule has 0 fully saturated rings.